The van der Waals surface area contributed by atoms with Gasteiger partial charge in [0.1, 0.15) is 17.1 Å². The Hall–Kier alpha value is -3.08. The first-order valence-corrected chi connectivity index (χ1v) is 9.99. The third kappa shape index (κ3) is 3.97. The maximum absolute atomic E-state index is 13.8. The second-order valence-electron chi connectivity index (χ2n) is 8.11. The average molecular weight is 410 g/mol. The lowest BCUT2D eigenvalue weighted by atomic mass is 9.89. The van der Waals surface area contributed by atoms with Gasteiger partial charge in [-0.25, -0.2) is 4.79 Å². The van der Waals surface area contributed by atoms with Gasteiger partial charge in [-0.2, -0.15) is 4.39 Å². The van der Waals surface area contributed by atoms with Crippen LogP contribution in [0.1, 0.15) is 63.3 Å². The molecule has 0 saturated carbocycles. The van der Waals surface area contributed by atoms with E-state index in [1.54, 1.807) is 13.2 Å². The lowest BCUT2D eigenvalue weighted by Gasteiger charge is -2.20. The van der Waals surface area contributed by atoms with Crippen molar-refractivity contribution < 1.29 is 23.4 Å². The predicted molar refractivity (Wildman–Crippen MR) is 118 cm³/mol. The number of benzene rings is 2. The van der Waals surface area contributed by atoms with Crippen LogP contribution in [0.4, 0.5) is 4.39 Å². The van der Waals surface area contributed by atoms with E-state index in [1.807, 2.05) is 18.2 Å². The standard InChI is InChI=1S/C25H27FO4/c1-13(2)17-10-19(14(3)4)24(29-6)20(11-17)16-7-8-21-18(9-16)12-22(30-21)15(5)23(26)25(27)28/h7-14H,1-6H3,(H,27,28)/b23-15-. The van der Waals surface area contributed by atoms with Crippen molar-refractivity contribution in [2.24, 2.45) is 0 Å². The zero-order valence-electron chi connectivity index (χ0n) is 18.2. The molecule has 0 fully saturated rings. The van der Waals surface area contributed by atoms with Gasteiger partial charge in [0, 0.05) is 16.5 Å². The molecule has 0 amide bonds. The van der Waals surface area contributed by atoms with E-state index in [2.05, 4.69) is 39.8 Å². The summed E-state index contributed by atoms with van der Waals surface area (Å²) >= 11 is 0. The summed E-state index contributed by atoms with van der Waals surface area (Å²) in [5, 5.41) is 9.66. The number of rotatable bonds is 6. The summed E-state index contributed by atoms with van der Waals surface area (Å²) in [6.07, 6.45) is 0. The fourth-order valence-corrected chi connectivity index (χ4v) is 3.54. The molecule has 0 bridgehead atoms. The van der Waals surface area contributed by atoms with Crippen LogP contribution in [0.5, 0.6) is 5.75 Å². The predicted octanol–water partition coefficient (Wildman–Crippen LogP) is 7.14. The van der Waals surface area contributed by atoms with Gasteiger partial charge in [0.2, 0.25) is 5.83 Å². The number of carboxylic acid groups (broad SMARTS) is 1. The Morgan fingerprint density at radius 3 is 2.33 bits per heavy atom. The van der Waals surface area contributed by atoms with Gasteiger partial charge in [0.25, 0.3) is 0 Å². The number of methoxy groups -OCH3 is 1. The highest BCUT2D eigenvalue weighted by Gasteiger charge is 2.19. The molecule has 5 heteroatoms. The molecule has 0 aliphatic carbocycles. The molecule has 3 rings (SSSR count). The zero-order chi connectivity index (χ0) is 22.2. The van der Waals surface area contributed by atoms with Crippen LogP contribution >= 0.6 is 0 Å². The molecule has 30 heavy (non-hydrogen) atoms. The van der Waals surface area contributed by atoms with E-state index in [4.69, 9.17) is 14.3 Å². The van der Waals surface area contributed by atoms with Crippen molar-refractivity contribution in [2.45, 2.75) is 46.5 Å². The van der Waals surface area contributed by atoms with Crippen molar-refractivity contribution in [1.29, 1.82) is 0 Å². The van der Waals surface area contributed by atoms with Crippen LogP contribution in [-0.2, 0) is 4.79 Å². The Kier molecular flexibility index (Phi) is 6.01. The molecule has 0 spiro atoms. The van der Waals surface area contributed by atoms with Gasteiger partial charge in [0.15, 0.2) is 0 Å². The summed E-state index contributed by atoms with van der Waals surface area (Å²) in [5.41, 5.74) is 4.84. The van der Waals surface area contributed by atoms with Crippen molar-refractivity contribution >= 4 is 22.5 Å². The molecule has 1 N–H and O–H groups in total. The van der Waals surface area contributed by atoms with E-state index in [0.717, 1.165) is 27.8 Å². The Morgan fingerprint density at radius 1 is 1.07 bits per heavy atom. The summed E-state index contributed by atoms with van der Waals surface area (Å²) in [6.45, 7) is 10.00. The molecule has 0 saturated heterocycles. The number of carbonyl (C=O) groups is 1. The van der Waals surface area contributed by atoms with Gasteiger partial charge in [0.05, 0.1) is 7.11 Å². The van der Waals surface area contributed by atoms with Gasteiger partial charge in [-0.05, 0) is 59.7 Å². The van der Waals surface area contributed by atoms with Gasteiger partial charge in [-0.3, -0.25) is 0 Å². The summed E-state index contributed by atoms with van der Waals surface area (Å²) in [5.74, 6) is -1.12. The number of allylic oxidation sites excluding steroid dienone is 1. The Bertz CT molecular complexity index is 1140. The van der Waals surface area contributed by atoms with Gasteiger partial charge >= 0.3 is 5.97 Å². The van der Waals surface area contributed by atoms with Gasteiger partial charge in [-0.1, -0.05) is 39.8 Å². The van der Waals surface area contributed by atoms with Crippen LogP contribution in [0.25, 0.3) is 27.7 Å². The fourth-order valence-electron chi connectivity index (χ4n) is 3.54. The lowest BCUT2D eigenvalue weighted by Crippen LogP contribution is -2.00. The van der Waals surface area contributed by atoms with Crippen molar-refractivity contribution in [3.8, 4) is 16.9 Å². The van der Waals surface area contributed by atoms with Crippen LogP contribution in [0, 0.1) is 0 Å². The average Bonchev–Trinajstić information content (AvgIpc) is 3.14. The Balaban J connectivity index is 2.20. The summed E-state index contributed by atoms with van der Waals surface area (Å²) in [6, 6.07) is 11.7. The van der Waals surface area contributed by atoms with Crippen molar-refractivity contribution in [2.75, 3.05) is 7.11 Å². The second-order valence-corrected chi connectivity index (χ2v) is 8.11. The van der Waals surface area contributed by atoms with E-state index in [1.165, 1.54) is 12.5 Å². The van der Waals surface area contributed by atoms with Crippen LogP contribution in [0.3, 0.4) is 0 Å². The third-order valence-electron chi connectivity index (χ3n) is 5.35. The number of aliphatic carboxylic acids is 1. The number of halogens is 1. The Morgan fingerprint density at radius 2 is 1.77 bits per heavy atom. The van der Waals surface area contributed by atoms with Crippen LogP contribution in [-0.4, -0.2) is 18.2 Å². The van der Waals surface area contributed by atoms with Gasteiger partial charge in [-0.15, -0.1) is 0 Å². The van der Waals surface area contributed by atoms with E-state index in [0.29, 0.717) is 17.4 Å². The first-order valence-electron chi connectivity index (χ1n) is 9.99. The minimum Gasteiger partial charge on any atom is -0.496 e. The second kappa shape index (κ2) is 8.34. The molecular formula is C25H27FO4. The molecule has 4 nitrogen and oxygen atoms in total. The number of fused-ring (bicyclic) bond motifs is 1. The molecule has 3 aromatic rings. The number of hydrogen-bond donors (Lipinski definition) is 1. The van der Waals surface area contributed by atoms with E-state index < -0.39 is 11.8 Å². The van der Waals surface area contributed by atoms with E-state index >= 15 is 0 Å². The van der Waals surface area contributed by atoms with Crippen LogP contribution in [0.15, 0.2) is 46.6 Å². The molecule has 1 heterocycles. The zero-order valence-corrected chi connectivity index (χ0v) is 18.2. The lowest BCUT2D eigenvalue weighted by molar-refractivity contribution is -0.134. The van der Waals surface area contributed by atoms with Crippen LogP contribution in [0.2, 0.25) is 0 Å². The topological polar surface area (TPSA) is 59.7 Å². The number of furan rings is 1. The number of ether oxygens (including phenoxy) is 1. The summed E-state index contributed by atoms with van der Waals surface area (Å²) < 4.78 is 25.3. The number of hydrogen-bond acceptors (Lipinski definition) is 3. The SMILES string of the molecule is COc1c(-c2ccc3oc(/C(C)=C(\F)C(=O)O)cc3c2)cc(C(C)C)cc1C(C)C. The van der Waals surface area contributed by atoms with Crippen molar-refractivity contribution in [3.63, 3.8) is 0 Å². The maximum atomic E-state index is 13.8. The molecule has 158 valence electrons. The summed E-state index contributed by atoms with van der Waals surface area (Å²) in [4.78, 5) is 10.9. The molecule has 0 radical (unpaired) electrons. The molecule has 0 unspecified atom stereocenters. The normalized spacial score (nSPS) is 12.6. The third-order valence-corrected chi connectivity index (χ3v) is 5.35. The quantitative estimate of drug-likeness (QED) is 0.439. The molecule has 2 aromatic carbocycles. The minimum absolute atomic E-state index is 0.0401. The van der Waals surface area contributed by atoms with Crippen molar-refractivity contribution in [3.05, 3.63) is 59.1 Å². The first-order chi connectivity index (χ1) is 14.1. The maximum Gasteiger partial charge on any atom is 0.365 e. The highest BCUT2D eigenvalue weighted by Crippen LogP contribution is 2.41. The smallest absolute Gasteiger partial charge is 0.365 e. The largest absolute Gasteiger partial charge is 0.496 e. The molecule has 0 atom stereocenters. The molecule has 0 aliphatic rings. The fraction of sp³-hybridized carbons (Fsp3) is 0.320. The molecular weight excluding hydrogens is 383 g/mol. The summed E-state index contributed by atoms with van der Waals surface area (Å²) in [7, 11) is 1.68. The number of carboxylic acids is 1. The highest BCUT2D eigenvalue weighted by molar-refractivity contribution is 5.95. The van der Waals surface area contributed by atoms with Crippen molar-refractivity contribution in [1.82, 2.24) is 0 Å². The van der Waals surface area contributed by atoms with Crippen LogP contribution < -0.4 is 4.74 Å². The molecule has 1 aromatic heterocycles. The van der Waals surface area contributed by atoms with E-state index in [-0.39, 0.29) is 11.3 Å². The first kappa shape index (κ1) is 21.6. The molecule has 0 aliphatic heterocycles. The van der Waals surface area contributed by atoms with Gasteiger partial charge < -0.3 is 14.3 Å². The van der Waals surface area contributed by atoms with E-state index in [9.17, 15) is 9.18 Å². The minimum atomic E-state index is -1.61. The highest BCUT2D eigenvalue weighted by atomic mass is 19.1. The monoisotopic (exact) mass is 410 g/mol. The Labute approximate surface area is 176 Å².